The number of benzene rings is 2. The van der Waals surface area contributed by atoms with Gasteiger partial charge in [0.15, 0.2) is 5.79 Å². The van der Waals surface area contributed by atoms with Crippen LogP contribution >= 0.6 is 27.5 Å². The molecule has 5 nitrogen and oxygen atoms in total. The lowest BCUT2D eigenvalue weighted by Crippen LogP contribution is -2.37. The van der Waals surface area contributed by atoms with Gasteiger partial charge in [-0.1, -0.05) is 51.8 Å². The van der Waals surface area contributed by atoms with Gasteiger partial charge in [-0.15, -0.1) is 0 Å². The van der Waals surface area contributed by atoms with E-state index in [-0.39, 0.29) is 6.10 Å². The molecule has 0 aliphatic carbocycles. The molecule has 0 bridgehead atoms. The highest BCUT2D eigenvalue weighted by molar-refractivity contribution is 9.10. The first-order valence-electron chi connectivity index (χ1n) is 9.94. The van der Waals surface area contributed by atoms with Gasteiger partial charge in [0.05, 0.1) is 32.7 Å². The van der Waals surface area contributed by atoms with E-state index in [2.05, 4.69) is 20.9 Å². The molecule has 1 aliphatic rings. The number of ether oxygens (including phenoxy) is 3. The van der Waals surface area contributed by atoms with Crippen molar-refractivity contribution in [3.8, 4) is 0 Å². The minimum absolute atomic E-state index is 0.103. The summed E-state index contributed by atoms with van der Waals surface area (Å²) in [4.78, 5) is 4.14. The fraction of sp³-hybridized carbons (Fsp3) is 0.348. The highest BCUT2D eigenvalue weighted by atomic mass is 79.9. The van der Waals surface area contributed by atoms with Crippen LogP contribution in [0.5, 0.6) is 0 Å². The van der Waals surface area contributed by atoms with Gasteiger partial charge in [0.2, 0.25) is 0 Å². The van der Waals surface area contributed by atoms with E-state index in [0.717, 1.165) is 27.9 Å². The van der Waals surface area contributed by atoms with Crippen LogP contribution in [0.15, 0.2) is 71.7 Å². The van der Waals surface area contributed by atoms with Gasteiger partial charge in [-0.3, -0.25) is 0 Å². The van der Waals surface area contributed by atoms with Crippen molar-refractivity contribution in [2.45, 2.75) is 37.9 Å². The molecule has 2 heterocycles. The van der Waals surface area contributed by atoms with Gasteiger partial charge in [0.1, 0.15) is 6.10 Å². The van der Waals surface area contributed by atoms with Crippen molar-refractivity contribution in [3.63, 3.8) is 0 Å². The minimum atomic E-state index is -0.702. The monoisotopic (exact) mass is 490 g/mol. The van der Waals surface area contributed by atoms with E-state index in [1.165, 1.54) is 5.56 Å². The average molecular weight is 492 g/mol. The summed E-state index contributed by atoms with van der Waals surface area (Å²) in [5.41, 5.74) is 2.33. The number of hydrogen-bond donors (Lipinski definition) is 0. The molecular weight excluding hydrogens is 468 g/mol. The Morgan fingerprint density at radius 2 is 1.90 bits per heavy atom. The summed E-state index contributed by atoms with van der Waals surface area (Å²) in [6.07, 6.45) is 6.94. The molecule has 1 fully saturated rings. The van der Waals surface area contributed by atoms with Crippen LogP contribution in [0.1, 0.15) is 17.5 Å². The van der Waals surface area contributed by atoms with Gasteiger partial charge in [-0.05, 0) is 41.8 Å². The zero-order valence-corrected chi connectivity index (χ0v) is 18.9. The first-order chi connectivity index (χ1) is 14.6. The summed E-state index contributed by atoms with van der Waals surface area (Å²) in [5.74, 6) is -0.702. The molecule has 2 atom stereocenters. The molecule has 158 valence electrons. The molecule has 7 heteroatoms. The average Bonchev–Trinajstić information content (AvgIpc) is 3.40. The number of aryl methyl sites for hydroxylation is 1. The van der Waals surface area contributed by atoms with Crippen molar-refractivity contribution in [1.82, 2.24) is 9.55 Å². The van der Waals surface area contributed by atoms with Crippen LogP contribution in [0.4, 0.5) is 0 Å². The van der Waals surface area contributed by atoms with E-state index in [1.54, 1.807) is 12.5 Å². The maximum atomic E-state index is 6.40. The van der Waals surface area contributed by atoms with Crippen LogP contribution in [0, 0.1) is 0 Å². The molecule has 0 radical (unpaired) electrons. The third-order valence-corrected chi connectivity index (χ3v) is 5.87. The lowest BCUT2D eigenvalue weighted by molar-refractivity contribution is -0.187. The van der Waals surface area contributed by atoms with Gasteiger partial charge >= 0.3 is 0 Å². The molecule has 2 unspecified atom stereocenters. The fourth-order valence-electron chi connectivity index (χ4n) is 3.52. The Hall–Kier alpha value is -1.70. The quantitative estimate of drug-likeness (QED) is 0.410. The molecule has 0 saturated carbocycles. The van der Waals surface area contributed by atoms with E-state index in [4.69, 9.17) is 25.8 Å². The van der Waals surface area contributed by atoms with Crippen LogP contribution in [0.2, 0.25) is 5.02 Å². The summed E-state index contributed by atoms with van der Waals surface area (Å²) in [6, 6.07) is 16.0. The van der Waals surface area contributed by atoms with Crippen molar-refractivity contribution in [3.05, 3.63) is 87.9 Å². The molecule has 4 rings (SSSR count). The van der Waals surface area contributed by atoms with Crippen molar-refractivity contribution >= 4 is 27.5 Å². The van der Waals surface area contributed by atoms with Gasteiger partial charge in [0.25, 0.3) is 0 Å². The van der Waals surface area contributed by atoms with Gasteiger partial charge in [0, 0.05) is 28.3 Å². The van der Waals surface area contributed by atoms with Crippen molar-refractivity contribution in [1.29, 1.82) is 0 Å². The predicted molar refractivity (Wildman–Crippen MR) is 119 cm³/mol. The highest BCUT2D eigenvalue weighted by Gasteiger charge is 2.41. The van der Waals surface area contributed by atoms with Crippen LogP contribution in [0.25, 0.3) is 0 Å². The molecule has 0 spiro atoms. The Kier molecular flexibility index (Phi) is 7.23. The van der Waals surface area contributed by atoms with E-state index in [9.17, 15) is 0 Å². The van der Waals surface area contributed by atoms with Crippen molar-refractivity contribution in [2.75, 3.05) is 13.2 Å². The fourth-order valence-corrected chi connectivity index (χ4v) is 3.92. The van der Waals surface area contributed by atoms with Crippen molar-refractivity contribution < 1.29 is 14.2 Å². The van der Waals surface area contributed by atoms with Gasteiger partial charge in [-0.2, -0.15) is 0 Å². The number of nitrogens with zero attached hydrogens (tertiary/aromatic N) is 2. The first kappa shape index (κ1) is 21.5. The van der Waals surface area contributed by atoms with Crippen LogP contribution in [-0.2, 0) is 33.8 Å². The predicted octanol–water partition coefficient (Wildman–Crippen LogP) is 5.26. The van der Waals surface area contributed by atoms with E-state index < -0.39 is 5.79 Å². The summed E-state index contributed by atoms with van der Waals surface area (Å²) >= 11 is 9.45. The number of halogens is 2. The molecule has 0 amide bonds. The van der Waals surface area contributed by atoms with E-state index in [1.807, 2.05) is 59.3 Å². The molecule has 1 aliphatic heterocycles. The summed E-state index contributed by atoms with van der Waals surface area (Å²) in [7, 11) is 0. The Labute approximate surface area is 190 Å². The third kappa shape index (κ3) is 5.93. The smallest absolute Gasteiger partial charge is 0.187 e. The Morgan fingerprint density at radius 3 is 2.63 bits per heavy atom. The zero-order chi connectivity index (χ0) is 20.8. The Balaban J connectivity index is 1.35. The Morgan fingerprint density at radius 1 is 1.13 bits per heavy atom. The van der Waals surface area contributed by atoms with E-state index in [0.29, 0.717) is 26.4 Å². The molecule has 3 aromatic rings. The molecular formula is C23H24BrClN2O3. The normalized spacial score (nSPS) is 21.2. The molecule has 30 heavy (non-hydrogen) atoms. The number of rotatable bonds is 9. The largest absolute Gasteiger partial charge is 0.374 e. The minimum Gasteiger partial charge on any atom is -0.374 e. The van der Waals surface area contributed by atoms with Crippen LogP contribution in [-0.4, -0.2) is 34.7 Å². The molecule has 0 N–H and O–H groups in total. The van der Waals surface area contributed by atoms with Crippen LogP contribution in [0.3, 0.4) is 0 Å². The molecule has 1 saturated heterocycles. The zero-order valence-electron chi connectivity index (χ0n) is 16.5. The van der Waals surface area contributed by atoms with E-state index >= 15 is 0 Å². The van der Waals surface area contributed by atoms with Crippen molar-refractivity contribution in [2.24, 2.45) is 0 Å². The lowest BCUT2D eigenvalue weighted by Gasteiger charge is -2.28. The maximum Gasteiger partial charge on any atom is 0.187 e. The van der Waals surface area contributed by atoms with Crippen LogP contribution < -0.4 is 0 Å². The summed E-state index contributed by atoms with van der Waals surface area (Å²) < 4.78 is 21.5. The SMILES string of the molecule is Clc1ccc(CCC2(Cn3ccnc3)OCC(COCc3ccc(Br)cc3)O2)cc1. The standard InChI is InChI=1S/C23H24BrClN2O3/c24-20-5-1-19(2-6-20)13-28-14-22-15-29-23(30-22,16-27-12-11-26-17-27)10-9-18-3-7-21(25)8-4-18/h1-8,11-12,17,22H,9-10,13-16H2. The first-order valence-corrected chi connectivity index (χ1v) is 11.1. The summed E-state index contributed by atoms with van der Waals surface area (Å²) in [5, 5.41) is 0.739. The lowest BCUT2D eigenvalue weighted by atomic mass is 10.0. The van der Waals surface area contributed by atoms with Gasteiger partial charge < -0.3 is 18.8 Å². The second kappa shape index (κ2) is 10.1. The Bertz CT molecular complexity index is 919. The maximum absolute atomic E-state index is 6.40. The summed E-state index contributed by atoms with van der Waals surface area (Å²) in [6.45, 7) is 2.13. The number of imidazole rings is 1. The number of aromatic nitrogens is 2. The molecule has 2 aromatic carbocycles. The molecule has 1 aromatic heterocycles. The third-order valence-electron chi connectivity index (χ3n) is 5.09. The second-order valence-corrected chi connectivity index (χ2v) is 8.82. The van der Waals surface area contributed by atoms with Gasteiger partial charge in [-0.25, -0.2) is 4.98 Å². The topological polar surface area (TPSA) is 45.5 Å². The second-order valence-electron chi connectivity index (χ2n) is 7.46. The highest BCUT2D eigenvalue weighted by Crippen LogP contribution is 2.31. The number of hydrogen-bond acceptors (Lipinski definition) is 4.